The van der Waals surface area contributed by atoms with Gasteiger partial charge in [0.2, 0.25) is 0 Å². The van der Waals surface area contributed by atoms with Crippen molar-refractivity contribution < 1.29 is 27.8 Å². The number of aromatic carboxylic acids is 1. The van der Waals surface area contributed by atoms with E-state index in [0.29, 0.717) is 11.3 Å². The smallest absolute Gasteiger partial charge is 0.335 e. The van der Waals surface area contributed by atoms with Gasteiger partial charge in [-0.05, 0) is 29.8 Å². The van der Waals surface area contributed by atoms with Gasteiger partial charge in [-0.2, -0.15) is 18.4 Å². The van der Waals surface area contributed by atoms with Crippen LogP contribution in [0, 0.1) is 0 Å². The molecule has 8 nitrogen and oxygen atoms in total. The van der Waals surface area contributed by atoms with E-state index in [2.05, 4.69) is 9.93 Å². The first-order chi connectivity index (χ1) is 11.9. The standard InChI is InChI=1S/C16H16N2O6S/c1-23-13-7-8-14(24-2)15(9-13)25(21,22)18-17-10-11-3-5-12(6-4-11)16(19)20/h3-10,18H,1-2H3,(H,19,20)/b17-10+. The zero-order valence-corrected chi connectivity index (χ0v) is 14.3. The molecule has 0 aliphatic rings. The minimum absolute atomic E-state index is 0.118. The number of ether oxygens (including phenoxy) is 2. The summed E-state index contributed by atoms with van der Waals surface area (Å²) < 4.78 is 34.8. The molecular weight excluding hydrogens is 348 g/mol. The van der Waals surface area contributed by atoms with Gasteiger partial charge >= 0.3 is 5.97 Å². The molecule has 0 radical (unpaired) electrons. The van der Waals surface area contributed by atoms with E-state index in [0.717, 1.165) is 0 Å². The van der Waals surface area contributed by atoms with Gasteiger partial charge in [-0.1, -0.05) is 12.1 Å². The summed E-state index contributed by atoms with van der Waals surface area (Å²) in [4.78, 5) is 12.7. The van der Waals surface area contributed by atoms with E-state index in [-0.39, 0.29) is 16.2 Å². The number of nitrogens with one attached hydrogen (secondary N) is 1. The zero-order valence-electron chi connectivity index (χ0n) is 13.5. The van der Waals surface area contributed by atoms with Gasteiger partial charge in [0.15, 0.2) is 0 Å². The molecule has 132 valence electrons. The molecule has 9 heteroatoms. The van der Waals surface area contributed by atoms with Crippen LogP contribution in [-0.4, -0.2) is 39.9 Å². The fourth-order valence-electron chi connectivity index (χ4n) is 1.93. The predicted octanol–water partition coefficient (Wildman–Crippen LogP) is 1.71. The molecule has 0 heterocycles. The molecule has 25 heavy (non-hydrogen) atoms. The maximum atomic E-state index is 12.4. The molecule has 0 aliphatic carbocycles. The van der Waals surface area contributed by atoms with Crippen LogP contribution in [-0.2, 0) is 10.0 Å². The molecule has 0 fully saturated rings. The molecule has 2 aromatic carbocycles. The molecule has 0 atom stereocenters. The summed E-state index contributed by atoms with van der Waals surface area (Å²) in [7, 11) is -1.20. The fraction of sp³-hybridized carbons (Fsp3) is 0.125. The lowest BCUT2D eigenvalue weighted by Gasteiger charge is -2.10. The summed E-state index contributed by atoms with van der Waals surface area (Å²) in [6.45, 7) is 0. The molecule has 0 saturated carbocycles. The van der Waals surface area contributed by atoms with Crippen LogP contribution in [0.25, 0.3) is 0 Å². The van der Waals surface area contributed by atoms with Crippen LogP contribution in [0.5, 0.6) is 11.5 Å². The van der Waals surface area contributed by atoms with Gasteiger partial charge in [-0.3, -0.25) is 0 Å². The Morgan fingerprint density at radius 2 is 1.80 bits per heavy atom. The van der Waals surface area contributed by atoms with Crippen molar-refractivity contribution in [3.05, 3.63) is 53.6 Å². The number of hydrogen-bond donors (Lipinski definition) is 2. The second-order valence-corrected chi connectivity index (χ2v) is 6.43. The Morgan fingerprint density at radius 1 is 1.12 bits per heavy atom. The van der Waals surface area contributed by atoms with Crippen molar-refractivity contribution in [2.75, 3.05) is 14.2 Å². The highest BCUT2D eigenvalue weighted by molar-refractivity contribution is 7.89. The van der Waals surface area contributed by atoms with Gasteiger partial charge in [-0.25, -0.2) is 4.79 Å². The van der Waals surface area contributed by atoms with Crippen molar-refractivity contribution in [1.29, 1.82) is 0 Å². The Hall–Kier alpha value is -3.07. The van der Waals surface area contributed by atoms with Crippen LogP contribution in [0.2, 0.25) is 0 Å². The van der Waals surface area contributed by atoms with E-state index >= 15 is 0 Å². The van der Waals surface area contributed by atoms with Crippen molar-refractivity contribution in [2.24, 2.45) is 5.10 Å². The first-order valence-corrected chi connectivity index (χ1v) is 8.46. The predicted molar refractivity (Wildman–Crippen MR) is 90.9 cm³/mol. The van der Waals surface area contributed by atoms with E-state index in [1.807, 2.05) is 0 Å². The van der Waals surface area contributed by atoms with Gasteiger partial charge in [0.1, 0.15) is 16.4 Å². The third-order valence-corrected chi connectivity index (χ3v) is 4.45. The number of benzene rings is 2. The zero-order chi connectivity index (χ0) is 18.4. The number of carboxylic acid groups (broad SMARTS) is 1. The molecule has 2 rings (SSSR count). The molecule has 0 spiro atoms. The highest BCUT2D eigenvalue weighted by atomic mass is 32.2. The van der Waals surface area contributed by atoms with Crippen molar-refractivity contribution in [3.63, 3.8) is 0 Å². The molecule has 0 bridgehead atoms. The van der Waals surface area contributed by atoms with E-state index in [1.54, 1.807) is 6.07 Å². The average molecular weight is 364 g/mol. The average Bonchev–Trinajstić information content (AvgIpc) is 2.61. The molecule has 0 amide bonds. The number of rotatable bonds is 7. The highest BCUT2D eigenvalue weighted by Crippen LogP contribution is 2.27. The number of sulfonamides is 1. The molecule has 0 saturated heterocycles. The molecule has 0 unspecified atom stereocenters. The fourth-order valence-corrected chi connectivity index (χ4v) is 2.90. The summed E-state index contributed by atoms with van der Waals surface area (Å²) in [5.74, 6) is -0.543. The number of carboxylic acids is 1. The van der Waals surface area contributed by atoms with Crippen LogP contribution in [0.3, 0.4) is 0 Å². The van der Waals surface area contributed by atoms with Gasteiger partial charge in [-0.15, -0.1) is 0 Å². The van der Waals surface area contributed by atoms with Crippen molar-refractivity contribution in [1.82, 2.24) is 4.83 Å². The number of methoxy groups -OCH3 is 2. The lowest BCUT2D eigenvalue weighted by atomic mass is 10.1. The van der Waals surface area contributed by atoms with Crippen molar-refractivity contribution in [2.45, 2.75) is 4.90 Å². The third-order valence-electron chi connectivity index (χ3n) is 3.20. The van der Waals surface area contributed by atoms with E-state index < -0.39 is 16.0 Å². The minimum atomic E-state index is -3.97. The van der Waals surface area contributed by atoms with E-state index in [4.69, 9.17) is 14.6 Å². The summed E-state index contributed by atoms with van der Waals surface area (Å²) in [5, 5.41) is 12.5. The lowest BCUT2D eigenvalue weighted by Crippen LogP contribution is -2.19. The van der Waals surface area contributed by atoms with Crippen LogP contribution >= 0.6 is 0 Å². The van der Waals surface area contributed by atoms with Gasteiger partial charge in [0.05, 0.1) is 26.0 Å². The molecular formula is C16H16N2O6S. The molecule has 2 N–H and O–H groups in total. The molecule has 0 aliphatic heterocycles. The monoisotopic (exact) mass is 364 g/mol. The lowest BCUT2D eigenvalue weighted by molar-refractivity contribution is 0.0697. The molecule has 0 aromatic heterocycles. The first kappa shape index (κ1) is 18.3. The Kier molecular flexibility index (Phi) is 5.60. The Labute approximate surface area is 144 Å². The van der Waals surface area contributed by atoms with Gasteiger partial charge in [0, 0.05) is 6.07 Å². The van der Waals surface area contributed by atoms with Gasteiger partial charge < -0.3 is 14.6 Å². The van der Waals surface area contributed by atoms with Crippen LogP contribution in [0.4, 0.5) is 0 Å². The number of nitrogens with zero attached hydrogens (tertiary/aromatic N) is 1. The summed E-state index contributed by atoms with van der Waals surface area (Å²) in [6, 6.07) is 10.2. The van der Waals surface area contributed by atoms with E-state index in [1.165, 1.54) is 56.8 Å². The Balaban J connectivity index is 2.20. The quantitative estimate of drug-likeness (QED) is 0.571. The topological polar surface area (TPSA) is 114 Å². The Bertz CT molecular complexity index is 891. The van der Waals surface area contributed by atoms with Crippen LogP contribution in [0.15, 0.2) is 52.5 Å². The number of hydrazone groups is 1. The number of carbonyl (C=O) groups is 1. The largest absolute Gasteiger partial charge is 0.497 e. The number of hydrogen-bond acceptors (Lipinski definition) is 6. The summed E-state index contributed by atoms with van der Waals surface area (Å²) in [6.07, 6.45) is 1.26. The first-order valence-electron chi connectivity index (χ1n) is 6.97. The summed E-state index contributed by atoms with van der Waals surface area (Å²) >= 11 is 0. The van der Waals surface area contributed by atoms with Gasteiger partial charge in [0.25, 0.3) is 10.0 Å². The van der Waals surface area contributed by atoms with Crippen molar-refractivity contribution >= 4 is 22.2 Å². The van der Waals surface area contributed by atoms with Crippen LogP contribution < -0.4 is 14.3 Å². The van der Waals surface area contributed by atoms with Crippen molar-refractivity contribution in [3.8, 4) is 11.5 Å². The minimum Gasteiger partial charge on any atom is -0.497 e. The second kappa shape index (κ2) is 7.67. The van der Waals surface area contributed by atoms with Crippen LogP contribution in [0.1, 0.15) is 15.9 Å². The highest BCUT2D eigenvalue weighted by Gasteiger charge is 2.19. The Morgan fingerprint density at radius 3 is 2.36 bits per heavy atom. The molecule has 2 aromatic rings. The van der Waals surface area contributed by atoms with E-state index in [9.17, 15) is 13.2 Å². The second-order valence-electron chi connectivity index (χ2n) is 4.80. The maximum absolute atomic E-state index is 12.4. The maximum Gasteiger partial charge on any atom is 0.335 e. The normalized spacial score (nSPS) is 11.3. The SMILES string of the molecule is COc1ccc(OC)c(S(=O)(=O)N/N=C/c2ccc(C(=O)O)cc2)c1. The summed E-state index contributed by atoms with van der Waals surface area (Å²) in [5.41, 5.74) is 0.657. The third kappa shape index (κ3) is 4.48.